The Morgan fingerprint density at radius 2 is 1.81 bits per heavy atom. The SMILES string of the molecule is CCC(C)C(NC(=O)OC(C)(C)C)C(=O)N(CCO)C(C(=O)NCC(=O)OC)c1ccc(O)c(C)c1. The summed E-state index contributed by atoms with van der Waals surface area (Å²) in [4.78, 5) is 52.4. The summed E-state index contributed by atoms with van der Waals surface area (Å²) in [7, 11) is 1.18. The standard InChI is InChI=1S/C25H39N3O8/c1-8-15(2)20(27-24(34)36-25(4,5)6)23(33)28(11-12-29)21(22(32)26-14-19(31)35-7)17-9-10-18(30)16(3)13-17/h9-10,13,15,20-21,29-30H,8,11-12,14H2,1-7H3,(H,26,32)(H,27,34). The van der Waals surface area contributed by atoms with Crippen molar-refractivity contribution in [3.8, 4) is 5.75 Å². The first-order valence-corrected chi connectivity index (χ1v) is 11.8. The smallest absolute Gasteiger partial charge is 0.408 e. The van der Waals surface area contributed by atoms with Crippen LogP contribution in [0.4, 0.5) is 4.79 Å². The van der Waals surface area contributed by atoms with Crippen molar-refractivity contribution >= 4 is 23.9 Å². The lowest BCUT2D eigenvalue weighted by molar-refractivity contribution is -0.145. The van der Waals surface area contributed by atoms with E-state index in [1.165, 1.54) is 25.3 Å². The van der Waals surface area contributed by atoms with E-state index in [1.54, 1.807) is 34.6 Å². The number of carbonyl (C=O) groups excluding carboxylic acids is 4. The molecule has 1 aromatic carbocycles. The highest BCUT2D eigenvalue weighted by Gasteiger charge is 2.38. The number of esters is 1. The molecule has 0 aromatic heterocycles. The van der Waals surface area contributed by atoms with Gasteiger partial charge in [0.1, 0.15) is 30.0 Å². The number of alkyl carbamates (subject to hydrolysis) is 1. The second-order valence-electron chi connectivity index (χ2n) is 9.51. The fourth-order valence-electron chi connectivity index (χ4n) is 3.42. The van der Waals surface area contributed by atoms with E-state index >= 15 is 0 Å². The Morgan fingerprint density at radius 3 is 2.31 bits per heavy atom. The molecule has 0 heterocycles. The van der Waals surface area contributed by atoms with Crippen LogP contribution in [0, 0.1) is 12.8 Å². The number of aliphatic hydroxyl groups excluding tert-OH is 1. The number of nitrogens with one attached hydrogen (secondary N) is 2. The van der Waals surface area contributed by atoms with Gasteiger partial charge >= 0.3 is 12.1 Å². The molecule has 0 spiro atoms. The summed E-state index contributed by atoms with van der Waals surface area (Å²) < 4.78 is 9.90. The first-order valence-electron chi connectivity index (χ1n) is 11.8. The lowest BCUT2D eigenvalue weighted by Gasteiger charge is -2.35. The van der Waals surface area contributed by atoms with Crippen LogP contribution in [0.25, 0.3) is 0 Å². The quantitative estimate of drug-likeness (QED) is 0.329. The first-order chi connectivity index (χ1) is 16.7. The fraction of sp³-hybridized carbons (Fsp3) is 0.600. The number of benzene rings is 1. The Balaban J connectivity index is 3.49. The predicted molar refractivity (Wildman–Crippen MR) is 132 cm³/mol. The molecule has 3 unspecified atom stereocenters. The van der Waals surface area contributed by atoms with Crippen molar-refractivity contribution in [3.05, 3.63) is 29.3 Å². The monoisotopic (exact) mass is 509 g/mol. The van der Waals surface area contributed by atoms with Crippen molar-refractivity contribution in [1.29, 1.82) is 0 Å². The van der Waals surface area contributed by atoms with Crippen LogP contribution in [0.3, 0.4) is 0 Å². The van der Waals surface area contributed by atoms with Crippen molar-refractivity contribution in [1.82, 2.24) is 15.5 Å². The number of hydrogen-bond donors (Lipinski definition) is 4. The Kier molecular flexibility index (Phi) is 11.7. The van der Waals surface area contributed by atoms with Gasteiger partial charge in [0.25, 0.3) is 0 Å². The number of hydrogen-bond acceptors (Lipinski definition) is 8. The Bertz CT molecular complexity index is 928. The van der Waals surface area contributed by atoms with Gasteiger partial charge in [-0.2, -0.15) is 0 Å². The fourth-order valence-corrected chi connectivity index (χ4v) is 3.42. The van der Waals surface area contributed by atoms with E-state index in [9.17, 15) is 29.4 Å². The van der Waals surface area contributed by atoms with Gasteiger partial charge in [-0.3, -0.25) is 14.4 Å². The van der Waals surface area contributed by atoms with Gasteiger partial charge in [0.05, 0.1) is 13.7 Å². The molecule has 0 saturated heterocycles. The molecule has 11 nitrogen and oxygen atoms in total. The zero-order valence-electron chi connectivity index (χ0n) is 22.1. The zero-order valence-corrected chi connectivity index (χ0v) is 22.1. The molecule has 0 radical (unpaired) electrons. The summed E-state index contributed by atoms with van der Waals surface area (Å²) in [6, 6.07) is 2.06. The van der Waals surface area contributed by atoms with Gasteiger partial charge in [-0.1, -0.05) is 26.3 Å². The summed E-state index contributed by atoms with van der Waals surface area (Å²) in [5.41, 5.74) is 0.00675. The number of nitrogens with zero attached hydrogens (tertiary/aromatic N) is 1. The van der Waals surface area contributed by atoms with E-state index in [2.05, 4.69) is 15.4 Å². The molecular formula is C25H39N3O8. The highest BCUT2D eigenvalue weighted by Crippen LogP contribution is 2.28. The van der Waals surface area contributed by atoms with Crippen LogP contribution in [0.1, 0.15) is 58.2 Å². The number of phenols is 1. The number of aliphatic hydroxyl groups is 1. The summed E-state index contributed by atoms with van der Waals surface area (Å²) in [5.74, 6) is -2.35. The number of rotatable bonds is 11. The molecule has 11 heteroatoms. The first kappa shape index (κ1) is 30.7. The molecular weight excluding hydrogens is 470 g/mol. The summed E-state index contributed by atoms with van der Waals surface area (Å²) in [6.07, 6.45) is -0.270. The maximum Gasteiger partial charge on any atom is 0.408 e. The molecule has 4 N–H and O–H groups in total. The lowest BCUT2D eigenvalue weighted by atomic mass is 9.95. The van der Waals surface area contributed by atoms with E-state index in [1.807, 2.05) is 6.92 Å². The normalized spacial score (nSPS) is 13.7. The number of amides is 3. The van der Waals surface area contributed by atoms with E-state index in [0.717, 1.165) is 4.90 Å². The molecule has 0 aliphatic carbocycles. The van der Waals surface area contributed by atoms with Gasteiger partial charge in [-0.25, -0.2) is 4.79 Å². The van der Waals surface area contributed by atoms with Crippen LogP contribution < -0.4 is 10.6 Å². The van der Waals surface area contributed by atoms with Gasteiger partial charge in [0, 0.05) is 6.54 Å². The van der Waals surface area contributed by atoms with Gasteiger partial charge in [0.15, 0.2) is 0 Å². The molecule has 36 heavy (non-hydrogen) atoms. The van der Waals surface area contributed by atoms with Crippen LogP contribution in [-0.4, -0.2) is 77.4 Å². The van der Waals surface area contributed by atoms with Crippen molar-refractivity contribution in [2.75, 3.05) is 26.8 Å². The molecule has 1 aromatic rings. The van der Waals surface area contributed by atoms with Gasteiger partial charge in [-0.05, 0) is 56.9 Å². The molecule has 1 rings (SSSR count). The third kappa shape index (κ3) is 9.03. The maximum atomic E-state index is 13.8. The van der Waals surface area contributed by atoms with Crippen LogP contribution in [0.2, 0.25) is 0 Å². The number of ether oxygens (including phenoxy) is 2. The molecule has 202 valence electrons. The molecule has 0 bridgehead atoms. The largest absolute Gasteiger partial charge is 0.508 e. The average Bonchev–Trinajstić information content (AvgIpc) is 2.80. The molecule has 3 atom stereocenters. The van der Waals surface area contributed by atoms with Crippen molar-refractivity contribution in [3.63, 3.8) is 0 Å². The van der Waals surface area contributed by atoms with E-state index in [4.69, 9.17) is 4.74 Å². The van der Waals surface area contributed by atoms with Crippen molar-refractivity contribution < 1.29 is 38.9 Å². The topological polar surface area (TPSA) is 154 Å². The Morgan fingerprint density at radius 1 is 1.17 bits per heavy atom. The summed E-state index contributed by atoms with van der Waals surface area (Å²) in [5, 5.41) is 24.8. The molecule has 0 aliphatic heterocycles. The van der Waals surface area contributed by atoms with E-state index < -0.39 is 54.7 Å². The number of phenolic OH excluding ortho intramolecular Hbond substituents is 1. The van der Waals surface area contributed by atoms with Crippen molar-refractivity contribution in [2.24, 2.45) is 5.92 Å². The zero-order chi connectivity index (χ0) is 27.6. The predicted octanol–water partition coefficient (Wildman–Crippen LogP) is 1.79. The minimum absolute atomic E-state index is 0.00317. The molecule has 0 saturated carbocycles. The third-order valence-electron chi connectivity index (χ3n) is 5.51. The van der Waals surface area contributed by atoms with E-state index in [-0.39, 0.29) is 18.2 Å². The van der Waals surface area contributed by atoms with E-state index in [0.29, 0.717) is 17.5 Å². The Hall–Kier alpha value is -3.34. The van der Waals surface area contributed by atoms with Gasteiger partial charge in [-0.15, -0.1) is 0 Å². The summed E-state index contributed by atoms with van der Waals surface area (Å²) >= 11 is 0. The highest BCUT2D eigenvalue weighted by atomic mass is 16.6. The number of aryl methyl sites for hydroxylation is 1. The molecule has 0 fully saturated rings. The van der Waals surface area contributed by atoms with Crippen molar-refractivity contribution in [2.45, 2.75) is 65.6 Å². The minimum Gasteiger partial charge on any atom is -0.508 e. The maximum absolute atomic E-state index is 13.8. The van der Waals surface area contributed by atoms with Crippen LogP contribution in [0.5, 0.6) is 5.75 Å². The number of carbonyl (C=O) groups is 4. The second-order valence-corrected chi connectivity index (χ2v) is 9.51. The highest BCUT2D eigenvalue weighted by molar-refractivity contribution is 5.93. The number of methoxy groups -OCH3 is 1. The second kappa shape index (κ2) is 13.7. The lowest BCUT2D eigenvalue weighted by Crippen LogP contribution is -2.56. The van der Waals surface area contributed by atoms with Gasteiger partial charge in [0.2, 0.25) is 11.8 Å². The molecule has 3 amide bonds. The molecule has 0 aliphatic rings. The number of aromatic hydroxyl groups is 1. The Labute approximate surface area is 212 Å². The van der Waals surface area contributed by atoms with Crippen LogP contribution >= 0.6 is 0 Å². The van der Waals surface area contributed by atoms with Crippen LogP contribution in [0.15, 0.2) is 18.2 Å². The van der Waals surface area contributed by atoms with Gasteiger partial charge < -0.3 is 35.2 Å². The summed E-state index contributed by atoms with van der Waals surface area (Å²) in [6.45, 7) is 9.19. The minimum atomic E-state index is -1.28. The average molecular weight is 510 g/mol. The third-order valence-corrected chi connectivity index (χ3v) is 5.51. The van der Waals surface area contributed by atoms with Crippen LogP contribution in [-0.2, 0) is 23.9 Å².